The first-order chi connectivity index (χ1) is 10.7. The summed E-state index contributed by atoms with van der Waals surface area (Å²) in [6, 6.07) is 12.9. The summed E-state index contributed by atoms with van der Waals surface area (Å²) in [6.07, 6.45) is 3.27. The second kappa shape index (κ2) is 3.71. The number of hydrogen-bond acceptors (Lipinski definition) is 3. The van der Waals surface area contributed by atoms with Crippen molar-refractivity contribution in [2.45, 2.75) is 0 Å². The summed E-state index contributed by atoms with van der Waals surface area (Å²) in [7, 11) is 0. The third-order valence-corrected chi connectivity index (χ3v) is 4.13. The van der Waals surface area contributed by atoms with E-state index in [1.807, 2.05) is 24.3 Å². The number of rotatable bonds is 0. The van der Waals surface area contributed by atoms with Crippen molar-refractivity contribution in [3.05, 3.63) is 75.6 Å². The van der Waals surface area contributed by atoms with Gasteiger partial charge in [-0.15, -0.1) is 0 Å². The molecule has 104 valence electrons. The van der Waals surface area contributed by atoms with Gasteiger partial charge in [-0.25, -0.2) is 4.98 Å². The molecule has 0 bridgehead atoms. The molecule has 22 heavy (non-hydrogen) atoms. The van der Waals surface area contributed by atoms with Crippen molar-refractivity contribution < 1.29 is 0 Å². The first-order valence-corrected chi connectivity index (χ1v) is 6.92. The molecular formula is C17H9N3O2. The highest BCUT2D eigenvalue weighted by atomic mass is 16.1. The lowest BCUT2D eigenvalue weighted by Crippen LogP contribution is -2.26. The molecule has 5 heteroatoms. The molecule has 0 aliphatic carbocycles. The van der Waals surface area contributed by atoms with Crippen molar-refractivity contribution in [1.29, 1.82) is 0 Å². The number of fused-ring (bicyclic) bond motifs is 5. The van der Waals surface area contributed by atoms with Gasteiger partial charge in [0.1, 0.15) is 11.0 Å². The summed E-state index contributed by atoms with van der Waals surface area (Å²) < 4.78 is 2.79. The molecule has 0 N–H and O–H groups in total. The Morgan fingerprint density at radius 3 is 2.50 bits per heavy atom. The predicted octanol–water partition coefficient (Wildman–Crippen LogP) is 2.05. The van der Waals surface area contributed by atoms with E-state index in [9.17, 15) is 9.59 Å². The van der Waals surface area contributed by atoms with Crippen molar-refractivity contribution in [2.24, 2.45) is 0 Å². The average molecular weight is 287 g/mol. The molecule has 5 nitrogen and oxygen atoms in total. The minimum atomic E-state index is -0.214. The van der Waals surface area contributed by atoms with E-state index in [0.717, 1.165) is 16.3 Å². The van der Waals surface area contributed by atoms with Crippen molar-refractivity contribution in [1.82, 2.24) is 13.8 Å². The first-order valence-electron chi connectivity index (χ1n) is 6.92. The maximum absolute atomic E-state index is 12.6. The van der Waals surface area contributed by atoms with Crippen LogP contribution in [0.2, 0.25) is 0 Å². The highest BCUT2D eigenvalue weighted by Gasteiger charge is 2.12. The van der Waals surface area contributed by atoms with Crippen molar-refractivity contribution in [3.63, 3.8) is 0 Å². The number of hydrogen-bond donors (Lipinski definition) is 0. The van der Waals surface area contributed by atoms with E-state index in [1.54, 1.807) is 30.6 Å². The zero-order chi connectivity index (χ0) is 14.8. The van der Waals surface area contributed by atoms with Crippen LogP contribution < -0.4 is 11.1 Å². The number of nitrogens with zero attached hydrogens (tertiary/aromatic N) is 3. The molecule has 0 aliphatic heterocycles. The van der Waals surface area contributed by atoms with Crippen LogP contribution in [0.3, 0.4) is 0 Å². The van der Waals surface area contributed by atoms with Crippen LogP contribution in [-0.4, -0.2) is 13.8 Å². The first kappa shape index (κ1) is 11.4. The minimum Gasteiger partial charge on any atom is -0.277 e. The Morgan fingerprint density at radius 2 is 1.59 bits per heavy atom. The maximum Gasteiger partial charge on any atom is 0.279 e. The molecule has 1 aromatic carbocycles. The van der Waals surface area contributed by atoms with Gasteiger partial charge in [-0.05, 0) is 24.3 Å². The maximum atomic E-state index is 12.6. The predicted molar refractivity (Wildman–Crippen MR) is 84.9 cm³/mol. The number of aromatic nitrogens is 3. The van der Waals surface area contributed by atoms with Crippen LogP contribution in [0.15, 0.2) is 64.4 Å². The molecule has 4 aromatic heterocycles. The van der Waals surface area contributed by atoms with Gasteiger partial charge in [0.15, 0.2) is 0 Å². The summed E-state index contributed by atoms with van der Waals surface area (Å²) in [5.41, 5.74) is 1.89. The van der Waals surface area contributed by atoms with Gasteiger partial charge in [-0.1, -0.05) is 18.2 Å². The van der Waals surface area contributed by atoms with E-state index < -0.39 is 0 Å². The van der Waals surface area contributed by atoms with Gasteiger partial charge < -0.3 is 0 Å². The third kappa shape index (κ3) is 1.25. The molecule has 0 spiro atoms. The van der Waals surface area contributed by atoms with E-state index in [1.165, 1.54) is 8.80 Å². The van der Waals surface area contributed by atoms with Crippen LogP contribution >= 0.6 is 0 Å². The molecule has 4 heterocycles. The van der Waals surface area contributed by atoms with Crippen molar-refractivity contribution in [2.75, 3.05) is 0 Å². The Morgan fingerprint density at radius 1 is 0.773 bits per heavy atom. The van der Waals surface area contributed by atoms with Gasteiger partial charge in [-0.2, -0.15) is 0 Å². The Kier molecular flexibility index (Phi) is 1.93. The van der Waals surface area contributed by atoms with Gasteiger partial charge in [0.25, 0.3) is 11.1 Å². The lowest BCUT2D eigenvalue weighted by Gasteiger charge is -2.02. The molecular weight excluding hydrogens is 278 g/mol. The van der Waals surface area contributed by atoms with Gasteiger partial charge in [0.05, 0.1) is 11.0 Å². The van der Waals surface area contributed by atoms with E-state index in [0.29, 0.717) is 16.6 Å². The molecule has 0 atom stereocenters. The zero-order valence-corrected chi connectivity index (χ0v) is 11.4. The zero-order valence-electron chi connectivity index (χ0n) is 11.4. The summed E-state index contributed by atoms with van der Waals surface area (Å²) >= 11 is 0. The van der Waals surface area contributed by atoms with Crippen LogP contribution in [0.1, 0.15) is 0 Å². The fraction of sp³-hybridized carbons (Fsp3) is 0. The van der Waals surface area contributed by atoms with Gasteiger partial charge in [0, 0.05) is 23.2 Å². The Bertz CT molecular complexity index is 1310. The van der Waals surface area contributed by atoms with Gasteiger partial charge in [-0.3, -0.25) is 18.4 Å². The lowest BCUT2D eigenvalue weighted by molar-refractivity contribution is 1.02. The number of pyridine rings is 1. The quantitative estimate of drug-likeness (QED) is 0.438. The fourth-order valence-electron chi connectivity index (χ4n) is 3.09. The van der Waals surface area contributed by atoms with Gasteiger partial charge >= 0.3 is 0 Å². The lowest BCUT2D eigenvalue weighted by atomic mass is 10.2. The molecule has 0 saturated heterocycles. The second-order valence-corrected chi connectivity index (χ2v) is 5.33. The normalized spacial score (nSPS) is 12.0. The van der Waals surface area contributed by atoms with Crippen LogP contribution in [0.25, 0.3) is 32.8 Å². The Hall–Kier alpha value is -3.21. The summed E-state index contributed by atoms with van der Waals surface area (Å²) in [4.78, 5) is 29.7. The average Bonchev–Trinajstić information content (AvgIpc) is 3.15. The van der Waals surface area contributed by atoms with Crippen LogP contribution in [0, 0.1) is 0 Å². The molecule has 0 amide bonds. The topological polar surface area (TPSA) is 55.8 Å². The van der Waals surface area contributed by atoms with Crippen LogP contribution in [-0.2, 0) is 0 Å². The van der Waals surface area contributed by atoms with Gasteiger partial charge in [0.2, 0.25) is 0 Å². The molecule has 0 radical (unpaired) electrons. The van der Waals surface area contributed by atoms with E-state index >= 15 is 0 Å². The number of benzene rings is 1. The van der Waals surface area contributed by atoms with E-state index in [-0.39, 0.29) is 11.1 Å². The smallest absolute Gasteiger partial charge is 0.277 e. The Labute approximate surface area is 123 Å². The highest BCUT2D eigenvalue weighted by Crippen LogP contribution is 2.25. The van der Waals surface area contributed by atoms with E-state index in [2.05, 4.69) is 4.98 Å². The molecule has 5 aromatic rings. The molecule has 5 rings (SSSR count). The molecule has 0 saturated carbocycles. The number of para-hydroxylation sites is 1. The molecule has 0 fully saturated rings. The summed E-state index contributed by atoms with van der Waals surface area (Å²) in [5, 5.41) is 1.87. The Balaban J connectivity index is 2.14. The SMILES string of the molecule is O=c1c2cc3c(cn2c(=O)c2cccn12)nc1ccccc13. The third-order valence-electron chi connectivity index (χ3n) is 4.13. The van der Waals surface area contributed by atoms with Crippen molar-refractivity contribution >= 4 is 32.8 Å². The summed E-state index contributed by atoms with van der Waals surface area (Å²) in [6.45, 7) is 0. The standard InChI is InChI=1S/C17H9N3O2/c21-16-14-6-3-7-19(14)17(22)15-8-11-10-4-1-2-5-12(10)18-13(11)9-20(15)16/h1-9H. The molecule has 0 aliphatic rings. The monoisotopic (exact) mass is 287 g/mol. The highest BCUT2D eigenvalue weighted by molar-refractivity contribution is 6.08. The minimum absolute atomic E-state index is 0.202. The van der Waals surface area contributed by atoms with Crippen molar-refractivity contribution in [3.8, 4) is 0 Å². The van der Waals surface area contributed by atoms with Crippen LogP contribution in [0.4, 0.5) is 0 Å². The fourth-order valence-corrected chi connectivity index (χ4v) is 3.09. The van der Waals surface area contributed by atoms with Crippen LogP contribution in [0.5, 0.6) is 0 Å². The largest absolute Gasteiger partial charge is 0.279 e. The summed E-state index contributed by atoms with van der Waals surface area (Å²) in [5.74, 6) is 0. The van der Waals surface area contributed by atoms with E-state index in [4.69, 9.17) is 0 Å². The second-order valence-electron chi connectivity index (χ2n) is 5.33. The molecule has 0 unspecified atom stereocenters.